The summed E-state index contributed by atoms with van der Waals surface area (Å²) in [4.78, 5) is 12.6. The third kappa shape index (κ3) is 3.63. The molecule has 2 rings (SSSR count). The molecule has 0 atom stereocenters. The van der Waals surface area contributed by atoms with Crippen molar-refractivity contribution in [2.75, 3.05) is 6.54 Å². The Kier molecular flexibility index (Phi) is 4.26. The van der Waals surface area contributed by atoms with Gasteiger partial charge in [-0.25, -0.2) is 0 Å². The predicted octanol–water partition coefficient (Wildman–Crippen LogP) is 3.21. The van der Waals surface area contributed by atoms with Crippen LogP contribution in [0.15, 0.2) is 40.8 Å². The fraction of sp³-hybridized carbons (Fsp3) is 0.357. The van der Waals surface area contributed by atoms with Gasteiger partial charge in [0.05, 0.1) is 0 Å². The van der Waals surface area contributed by atoms with Gasteiger partial charge in [-0.15, -0.1) is 12.6 Å². The maximum Gasteiger partial charge on any atom is 0.251 e. The maximum atomic E-state index is 11.8. The van der Waals surface area contributed by atoms with E-state index >= 15 is 0 Å². The van der Waals surface area contributed by atoms with Crippen molar-refractivity contribution >= 4 is 18.5 Å². The Morgan fingerprint density at radius 3 is 3.00 bits per heavy atom. The summed E-state index contributed by atoms with van der Waals surface area (Å²) in [5, 5.41) is 2.94. The van der Waals surface area contributed by atoms with Gasteiger partial charge in [-0.3, -0.25) is 4.79 Å². The molecule has 0 bridgehead atoms. The number of hydrogen-bond donors (Lipinski definition) is 2. The van der Waals surface area contributed by atoms with Crippen molar-refractivity contribution in [1.29, 1.82) is 0 Å². The quantitative estimate of drug-likeness (QED) is 0.621. The number of carbonyl (C=O) groups excluding carboxylic acids is 1. The molecule has 0 radical (unpaired) electrons. The van der Waals surface area contributed by atoms with Crippen LogP contribution in [0.25, 0.3) is 0 Å². The number of nitrogens with one attached hydrogen (secondary N) is 1. The van der Waals surface area contributed by atoms with Crippen LogP contribution >= 0.6 is 12.6 Å². The lowest BCUT2D eigenvalue weighted by Gasteiger charge is -2.06. The van der Waals surface area contributed by atoms with E-state index in [0.29, 0.717) is 5.56 Å². The van der Waals surface area contributed by atoms with Crippen LogP contribution in [0, 0.1) is 0 Å². The van der Waals surface area contributed by atoms with E-state index in [4.69, 9.17) is 0 Å². The molecule has 2 nitrogen and oxygen atoms in total. The molecule has 1 aliphatic rings. The van der Waals surface area contributed by atoms with E-state index in [-0.39, 0.29) is 5.91 Å². The van der Waals surface area contributed by atoms with E-state index in [1.165, 1.54) is 24.8 Å². The average Bonchev–Trinajstić information content (AvgIpc) is 2.82. The van der Waals surface area contributed by atoms with Crippen molar-refractivity contribution in [1.82, 2.24) is 5.32 Å². The summed E-state index contributed by atoms with van der Waals surface area (Å²) in [6.45, 7) is 0.724. The number of rotatable bonds is 4. The molecule has 1 aromatic rings. The fourth-order valence-corrected chi connectivity index (χ4v) is 2.28. The molecule has 90 valence electrons. The van der Waals surface area contributed by atoms with E-state index in [1.807, 2.05) is 18.2 Å². The molecule has 0 unspecified atom stereocenters. The molecule has 0 aliphatic heterocycles. The van der Waals surface area contributed by atoms with Gasteiger partial charge in [0.1, 0.15) is 0 Å². The summed E-state index contributed by atoms with van der Waals surface area (Å²) >= 11 is 4.22. The van der Waals surface area contributed by atoms with E-state index in [1.54, 1.807) is 6.07 Å². The van der Waals surface area contributed by atoms with Crippen molar-refractivity contribution in [2.45, 2.75) is 30.6 Å². The Labute approximate surface area is 108 Å². The van der Waals surface area contributed by atoms with Crippen LogP contribution in [0.5, 0.6) is 0 Å². The number of benzene rings is 1. The zero-order valence-electron chi connectivity index (χ0n) is 9.78. The van der Waals surface area contributed by atoms with Crippen molar-refractivity contribution < 1.29 is 4.79 Å². The molecule has 3 heteroatoms. The number of allylic oxidation sites excluding steroid dienone is 1. The molecule has 0 spiro atoms. The maximum absolute atomic E-state index is 11.8. The van der Waals surface area contributed by atoms with E-state index in [2.05, 4.69) is 24.0 Å². The largest absolute Gasteiger partial charge is 0.352 e. The lowest BCUT2D eigenvalue weighted by molar-refractivity contribution is 0.0954. The molecule has 0 saturated heterocycles. The zero-order chi connectivity index (χ0) is 12.1. The number of amides is 1. The molecule has 0 heterocycles. The average molecular weight is 247 g/mol. The summed E-state index contributed by atoms with van der Waals surface area (Å²) in [6.07, 6.45) is 6.94. The summed E-state index contributed by atoms with van der Waals surface area (Å²) in [6, 6.07) is 7.30. The minimum Gasteiger partial charge on any atom is -0.352 e. The smallest absolute Gasteiger partial charge is 0.251 e. The van der Waals surface area contributed by atoms with Gasteiger partial charge in [-0.2, -0.15) is 0 Å². The summed E-state index contributed by atoms with van der Waals surface area (Å²) < 4.78 is 0. The fourth-order valence-electron chi connectivity index (χ4n) is 2.05. The lowest BCUT2D eigenvalue weighted by atomic mass is 10.1. The molecule has 0 aromatic heterocycles. The summed E-state index contributed by atoms with van der Waals surface area (Å²) in [5.41, 5.74) is 2.16. The highest BCUT2D eigenvalue weighted by molar-refractivity contribution is 7.80. The highest BCUT2D eigenvalue weighted by Gasteiger charge is 2.07. The summed E-state index contributed by atoms with van der Waals surface area (Å²) in [5.74, 6) is -0.0144. The number of carbonyl (C=O) groups is 1. The van der Waals surface area contributed by atoms with Gasteiger partial charge < -0.3 is 5.32 Å². The lowest BCUT2D eigenvalue weighted by Crippen LogP contribution is -2.24. The van der Waals surface area contributed by atoms with Crippen LogP contribution in [0.2, 0.25) is 0 Å². The summed E-state index contributed by atoms with van der Waals surface area (Å²) in [7, 11) is 0. The first kappa shape index (κ1) is 12.2. The van der Waals surface area contributed by atoms with Gasteiger partial charge >= 0.3 is 0 Å². The Bertz CT molecular complexity index is 440. The molecule has 1 aliphatic carbocycles. The van der Waals surface area contributed by atoms with Crippen LogP contribution in [0.3, 0.4) is 0 Å². The molecule has 17 heavy (non-hydrogen) atoms. The van der Waals surface area contributed by atoms with Gasteiger partial charge in [0, 0.05) is 17.0 Å². The van der Waals surface area contributed by atoms with Crippen molar-refractivity contribution in [3.8, 4) is 0 Å². The van der Waals surface area contributed by atoms with E-state index < -0.39 is 0 Å². The Morgan fingerprint density at radius 1 is 1.41 bits per heavy atom. The Morgan fingerprint density at radius 2 is 2.29 bits per heavy atom. The topological polar surface area (TPSA) is 29.1 Å². The van der Waals surface area contributed by atoms with Crippen molar-refractivity contribution in [3.05, 3.63) is 41.5 Å². The highest BCUT2D eigenvalue weighted by atomic mass is 32.1. The van der Waals surface area contributed by atoms with Crippen LogP contribution in [0.4, 0.5) is 0 Å². The SMILES string of the molecule is O=C(NCCC1=CCCC1)c1cccc(S)c1. The van der Waals surface area contributed by atoms with Crippen molar-refractivity contribution in [2.24, 2.45) is 0 Å². The van der Waals surface area contributed by atoms with Crippen molar-refractivity contribution in [3.63, 3.8) is 0 Å². The van der Waals surface area contributed by atoms with Crippen LogP contribution in [0.1, 0.15) is 36.0 Å². The molecule has 1 aromatic carbocycles. The first-order valence-corrected chi connectivity index (χ1v) is 6.45. The van der Waals surface area contributed by atoms with Crippen LogP contribution in [-0.2, 0) is 0 Å². The number of hydrogen-bond acceptors (Lipinski definition) is 2. The van der Waals surface area contributed by atoms with Gasteiger partial charge in [0.2, 0.25) is 0 Å². The Hall–Kier alpha value is -1.22. The first-order chi connectivity index (χ1) is 8.25. The van der Waals surface area contributed by atoms with E-state index in [0.717, 1.165) is 17.9 Å². The normalized spacial score (nSPS) is 14.5. The third-order valence-electron chi connectivity index (χ3n) is 2.98. The van der Waals surface area contributed by atoms with Gasteiger partial charge in [-0.05, 0) is 43.9 Å². The van der Waals surface area contributed by atoms with Crippen LogP contribution in [-0.4, -0.2) is 12.5 Å². The molecule has 1 N–H and O–H groups in total. The minimum absolute atomic E-state index is 0.0144. The monoisotopic (exact) mass is 247 g/mol. The number of thiol groups is 1. The standard InChI is InChI=1S/C14H17NOS/c16-14(12-6-3-7-13(17)10-12)15-9-8-11-4-1-2-5-11/h3-4,6-7,10,17H,1-2,5,8-9H2,(H,15,16). The second-order valence-corrected chi connectivity index (χ2v) is 4.83. The zero-order valence-corrected chi connectivity index (χ0v) is 10.7. The third-order valence-corrected chi connectivity index (χ3v) is 3.25. The molecule has 1 amide bonds. The highest BCUT2D eigenvalue weighted by Crippen LogP contribution is 2.19. The Balaban J connectivity index is 1.81. The van der Waals surface area contributed by atoms with Gasteiger partial charge in [0.25, 0.3) is 5.91 Å². The minimum atomic E-state index is -0.0144. The first-order valence-electron chi connectivity index (χ1n) is 6.01. The van der Waals surface area contributed by atoms with Crippen LogP contribution < -0.4 is 5.32 Å². The molecular formula is C14H17NOS. The molecular weight excluding hydrogens is 230 g/mol. The predicted molar refractivity (Wildman–Crippen MR) is 72.6 cm³/mol. The molecule has 0 saturated carbocycles. The van der Waals surface area contributed by atoms with Gasteiger partial charge in [-0.1, -0.05) is 17.7 Å². The second kappa shape index (κ2) is 5.92. The second-order valence-electron chi connectivity index (χ2n) is 4.31. The van der Waals surface area contributed by atoms with E-state index in [9.17, 15) is 4.79 Å². The van der Waals surface area contributed by atoms with Gasteiger partial charge in [0.15, 0.2) is 0 Å². The molecule has 0 fully saturated rings.